The van der Waals surface area contributed by atoms with E-state index < -0.39 is 14.6 Å². The highest BCUT2D eigenvalue weighted by molar-refractivity contribution is 8.13. The molecule has 0 aliphatic heterocycles. The van der Waals surface area contributed by atoms with Crippen molar-refractivity contribution >= 4 is 19.7 Å². The predicted molar refractivity (Wildman–Crippen MR) is 63.6 cm³/mol. The lowest BCUT2D eigenvalue weighted by molar-refractivity contribution is 0.197. The summed E-state index contributed by atoms with van der Waals surface area (Å²) in [5, 5.41) is 7.28. The van der Waals surface area contributed by atoms with Crippen LogP contribution in [-0.2, 0) is 25.7 Å². The Bertz CT molecular complexity index is 490. The van der Waals surface area contributed by atoms with Gasteiger partial charge in [0, 0.05) is 29.8 Å². The fraction of sp³-hybridized carbons (Fsp3) is 0.778. The van der Waals surface area contributed by atoms with Crippen LogP contribution in [0.2, 0.25) is 0 Å². The van der Waals surface area contributed by atoms with Crippen LogP contribution in [0.15, 0.2) is 5.16 Å². The van der Waals surface area contributed by atoms with Gasteiger partial charge in [0.15, 0.2) is 0 Å². The molecule has 1 aromatic heterocycles. The number of hydrogen-bond acceptors (Lipinski definition) is 5. The highest BCUT2D eigenvalue weighted by atomic mass is 35.7. The van der Waals surface area contributed by atoms with E-state index in [-0.39, 0.29) is 5.16 Å². The number of aromatic nitrogens is 3. The molecule has 1 heterocycles. The number of ether oxygens (including phenoxy) is 1. The SMILES string of the molecule is COCCc1nnc(S(=O)(=O)Cl)n1C(C)(C)C. The molecule has 0 aliphatic carbocycles. The first kappa shape index (κ1) is 14.4. The summed E-state index contributed by atoms with van der Waals surface area (Å²) in [6, 6.07) is 0. The molecule has 1 rings (SSSR count). The maximum atomic E-state index is 11.4. The van der Waals surface area contributed by atoms with Gasteiger partial charge in [0.05, 0.1) is 6.61 Å². The van der Waals surface area contributed by atoms with Crippen LogP contribution in [0.5, 0.6) is 0 Å². The summed E-state index contributed by atoms with van der Waals surface area (Å²) in [5.74, 6) is 0.540. The first-order valence-corrected chi connectivity index (χ1v) is 7.37. The van der Waals surface area contributed by atoms with Crippen molar-refractivity contribution in [1.82, 2.24) is 14.8 Å². The minimum Gasteiger partial charge on any atom is -0.384 e. The second kappa shape index (κ2) is 4.91. The third kappa shape index (κ3) is 3.40. The van der Waals surface area contributed by atoms with Crippen LogP contribution >= 0.6 is 10.7 Å². The van der Waals surface area contributed by atoms with Gasteiger partial charge in [-0.15, -0.1) is 10.2 Å². The molecule has 0 N–H and O–H groups in total. The zero-order chi connectivity index (χ0) is 13.3. The molecule has 0 spiro atoms. The van der Waals surface area contributed by atoms with Crippen LogP contribution < -0.4 is 0 Å². The lowest BCUT2D eigenvalue weighted by atomic mass is 10.1. The van der Waals surface area contributed by atoms with Gasteiger partial charge in [-0.3, -0.25) is 4.57 Å². The van der Waals surface area contributed by atoms with E-state index in [0.717, 1.165) is 0 Å². The second-order valence-electron chi connectivity index (χ2n) is 4.59. The van der Waals surface area contributed by atoms with E-state index in [9.17, 15) is 8.42 Å². The third-order valence-electron chi connectivity index (χ3n) is 2.12. The number of methoxy groups -OCH3 is 1. The second-order valence-corrected chi connectivity index (χ2v) is 7.05. The molecule has 98 valence electrons. The van der Waals surface area contributed by atoms with Gasteiger partial charge < -0.3 is 4.74 Å². The van der Waals surface area contributed by atoms with Crippen LogP contribution in [0, 0.1) is 0 Å². The van der Waals surface area contributed by atoms with E-state index in [1.807, 2.05) is 20.8 Å². The van der Waals surface area contributed by atoms with Crippen molar-refractivity contribution in [2.24, 2.45) is 0 Å². The molecule has 0 saturated carbocycles. The van der Waals surface area contributed by atoms with Crippen molar-refractivity contribution < 1.29 is 13.2 Å². The van der Waals surface area contributed by atoms with Crippen molar-refractivity contribution in [3.63, 3.8) is 0 Å². The van der Waals surface area contributed by atoms with E-state index in [1.165, 1.54) is 4.57 Å². The summed E-state index contributed by atoms with van der Waals surface area (Å²) in [6.45, 7) is 6.02. The van der Waals surface area contributed by atoms with E-state index in [4.69, 9.17) is 15.4 Å². The maximum absolute atomic E-state index is 11.4. The monoisotopic (exact) mass is 281 g/mol. The number of hydrogen-bond donors (Lipinski definition) is 0. The van der Waals surface area contributed by atoms with Gasteiger partial charge in [0.1, 0.15) is 5.82 Å². The average molecular weight is 282 g/mol. The molecule has 8 heteroatoms. The van der Waals surface area contributed by atoms with E-state index in [2.05, 4.69) is 10.2 Å². The van der Waals surface area contributed by atoms with E-state index >= 15 is 0 Å². The standard InChI is InChI=1S/C9H16ClN3O3S/c1-9(2,3)13-7(5-6-16-4)11-12-8(13)17(10,14)15/h5-6H2,1-4H3. The topological polar surface area (TPSA) is 74.1 Å². The molecule has 0 fully saturated rings. The summed E-state index contributed by atoms with van der Waals surface area (Å²) in [7, 11) is 3.00. The molecule has 6 nitrogen and oxygen atoms in total. The number of nitrogens with zero attached hydrogens (tertiary/aromatic N) is 3. The summed E-state index contributed by atoms with van der Waals surface area (Å²) in [5.41, 5.74) is -0.468. The summed E-state index contributed by atoms with van der Waals surface area (Å²) < 4.78 is 29.3. The quantitative estimate of drug-likeness (QED) is 0.774. The molecule has 0 atom stereocenters. The van der Waals surface area contributed by atoms with Crippen molar-refractivity contribution in [2.75, 3.05) is 13.7 Å². The Morgan fingerprint density at radius 3 is 2.35 bits per heavy atom. The van der Waals surface area contributed by atoms with Crippen LogP contribution in [-0.4, -0.2) is 36.9 Å². The molecule has 0 unspecified atom stereocenters. The van der Waals surface area contributed by atoms with Gasteiger partial charge in [0.2, 0.25) is 0 Å². The Hall–Kier alpha value is -0.660. The van der Waals surface area contributed by atoms with Gasteiger partial charge in [-0.2, -0.15) is 0 Å². The Kier molecular flexibility index (Phi) is 4.16. The smallest absolute Gasteiger partial charge is 0.296 e. The minimum absolute atomic E-state index is 0.224. The summed E-state index contributed by atoms with van der Waals surface area (Å²) in [6.07, 6.45) is 0.479. The number of rotatable bonds is 4. The molecular weight excluding hydrogens is 266 g/mol. The average Bonchev–Trinajstić information content (AvgIpc) is 2.56. The van der Waals surface area contributed by atoms with Gasteiger partial charge >= 0.3 is 0 Å². The van der Waals surface area contributed by atoms with Gasteiger partial charge in [0.25, 0.3) is 14.2 Å². The van der Waals surface area contributed by atoms with Crippen LogP contribution in [0.1, 0.15) is 26.6 Å². The Balaban J connectivity index is 3.31. The molecule has 0 aliphatic rings. The predicted octanol–water partition coefficient (Wildman–Crippen LogP) is 1.15. The van der Waals surface area contributed by atoms with Crippen molar-refractivity contribution in [1.29, 1.82) is 0 Å². The minimum atomic E-state index is -3.90. The number of halogens is 1. The molecule has 0 bridgehead atoms. The Morgan fingerprint density at radius 1 is 1.35 bits per heavy atom. The zero-order valence-electron chi connectivity index (χ0n) is 10.3. The highest BCUT2D eigenvalue weighted by Gasteiger charge is 2.29. The van der Waals surface area contributed by atoms with Crippen molar-refractivity contribution in [3.8, 4) is 0 Å². The Morgan fingerprint density at radius 2 is 1.94 bits per heavy atom. The maximum Gasteiger partial charge on any atom is 0.296 e. The largest absolute Gasteiger partial charge is 0.384 e. The fourth-order valence-electron chi connectivity index (χ4n) is 1.49. The fourth-order valence-corrected chi connectivity index (χ4v) is 2.52. The molecule has 0 saturated heterocycles. The normalized spacial score (nSPS) is 13.0. The lowest BCUT2D eigenvalue weighted by Gasteiger charge is -2.23. The highest BCUT2D eigenvalue weighted by Crippen LogP contribution is 2.23. The summed E-state index contributed by atoms with van der Waals surface area (Å²) >= 11 is 0. The third-order valence-corrected chi connectivity index (χ3v) is 3.23. The lowest BCUT2D eigenvalue weighted by Crippen LogP contribution is -2.27. The van der Waals surface area contributed by atoms with Crippen LogP contribution in [0.3, 0.4) is 0 Å². The zero-order valence-corrected chi connectivity index (χ0v) is 11.8. The molecule has 17 heavy (non-hydrogen) atoms. The molecule has 0 aromatic carbocycles. The molecule has 0 radical (unpaired) electrons. The van der Waals surface area contributed by atoms with Crippen molar-refractivity contribution in [3.05, 3.63) is 5.82 Å². The van der Waals surface area contributed by atoms with E-state index in [0.29, 0.717) is 18.9 Å². The molecule has 0 amide bonds. The van der Waals surface area contributed by atoms with Gasteiger partial charge in [-0.05, 0) is 20.8 Å². The van der Waals surface area contributed by atoms with Crippen LogP contribution in [0.25, 0.3) is 0 Å². The van der Waals surface area contributed by atoms with E-state index in [1.54, 1.807) is 7.11 Å². The van der Waals surface area contributed by atoms with Gasteiger partial charge in [-0.1, -0.05) is 0 Å². The van der Waals surface area contributed by atoms with Crippen molar-refractivity contribution in [2.45, 2.75) is 37.9 Å². The van der Waals surface area contributed by atoms with Gasteiger partial charge in [-0.25, -0.2) is 8.42 Å². The summed E-state index contributed by atoms with van der Waals surface area (Å²) in [4.78, 5) is 0. The Labute approximate surface area is 105 Å². The molecular formula is C9H16ClN3O3S. The van der Waals surface area contributed by atoms with Crippen LogP contribution in [0.4, 0.5) is 0 Å². The first-order valence-electron chi connectivity index (χ1n) is 5.06. The molecule has 1 aromatic rings. The first-order chi connectivity index (χ1) is 7.68.